The van der Waals surface area contributed by atoms with E-state index in [1.165, 1.54) is 44.8 Å². The average molecular weight is 499 g/mol. The normalized spacial score (nSPS) is 29.3. The van der Waals surface area contributed by atoms with E-state index in [0.29, 0.717) is 0 Å². The van der Waals surface area contributed by atoms with Crippen molar-refractivity contribution in [3.63, 3.8) is 0 Å². The van der Waals surface area contributed by atoms with Gasteiger partial charge in [0.25, 0.3) is 0 Å². The first kappa shape index (κ1) is 22.4. The van der Waals surface area contributed by atoms with Crippen molar-refractivity contribution >= 4 is 11.4 Å². The van der Waals surface area contributed by atoms with E-state index in [1.807, 2.05) is 0 Å². The number of piperidine rings is 2. The zero-order chi connectivity index (χ0) is 25.5. The number of fused-ring (bicyclic) bond motifs is 2. The molecule has 4 atom stereocenters. The summed E-state index contributed by atoms with van der Waals surface area (Å²) < 4.78 is 0. The van der Waals surface area contributed by atoms with E-state index in [1.54, 1.807) is 0 Å². The Balaban J connectivity index is 1.44. The van der Waals surface area contributed by atoms with E-state index in [4.69, 9.17) is 0 Å². The van der Waals surface area contributed by atoms with Gasteiger partial charge in [-0.05, 0) is 49.2 Å². The van der Waals surface area contributed by atoms with E-state index in [0.717, 1.165) is 25.9 Å². The molecule has 0 aromatic heterocycles. The van der Waals surface area contributed by atoms with Crippen LogP contribution >= 0.6 is 0 Å². The number of likely N-dealkylation sites (N-methyl/N-ethyl adjacent to an activating group) is 2. The number of nitrogens with zero attached hydrogens (tertiary/aromatic N) is 2. The Labute approximate surface area is 225 Å². The molecule has 4 aliphatic rings. The number of hydrogen-bond acceptors (Lipinski definition) is 4. The Morgan fingerprint density at radius 1 is 0.553 bits per heavy atom. The number of hydrogen-bond donors (Lipinski definition) is 2. The molecule has 0 radical (unpaired) electrons. The summed E-state index contributed by atoms with van der Waals surface area (Å²) in [7, 11) is 4.64. The van der Waals surface area contributed by atoms with Gasteiger partial charge in [-0.2, -0.15) is 0 Å². The molecule has 190 valence electrons. The van der Waals surface area contributed by atoms with Gasteiger partial charge in [0.2, 0.25) is 0 Å². The molecule has 4 heteroatoms. The molecule has 4 aromatic carbocycles. The lowest BCUT2D eigenvalue weighted by Gasteiger charge is -2.72. The minimum atomic E-state index is -0.0368. The van der Waals surface area contributed by atoms with Crippen LogP contribution in [0.3, 0.4) is 0 Å². The van der Waals surface area contributed by atoms with Crippen LogP contribution < -0.4 is 10.6 Å². The molecule has 0 amide bonds. The lowest BCUT2D eigenvalue weighted by atomic mass is 9.44. The molecule has 4 aliphatic heterocycles. The minimum Gasteiger partial charge on any atom is -0.368 e. The highest BCUT2D eigenvalue weighted by Crippen LogP contribution is 2.67. The van der Waals surface area contributed by atoms with E-state index in [-0.39, 0.29) is 23.2 Å². The largest absolute Gasteiger partial charge is 0.368 e. The highest BCUT2D eigenvalue weighted by molar-refractivity contribution is 5.88. The van der Waals surface area contributed by atoms with Crippen molar-refractivity contribution in [3.05, 3.63) is 108 Å². The average Bonchev–Trinajstić information content (AvgIpc) is 2.97. The summed E-state index contributed by atoms with van der Waals surface area (Å²) >= 11 is 0. The Morgan fingerprint density at radius 3 is 1.39 bits per heavy atom. The Hall–Kier alpha value is -3.60. The lowest BCUT2D eigenvalue weighted by molar-refractivity contribution is -0.0690. The van der Waals surface area contributed by atoms with Gasteiger partial charge in [0.15, 0.2) is 0 Å². The van der Waals surface area contributed by atoms with Gasteiger partial charge in [-0.1, -0.05) is 97.1 Å². The number of anilines is 2. The second-order valence-electron chi connectivity index (χ2n) is 11.7. The summed E-state index contributed by atoms with van der Waals surface area (Å²) in [6, 6.07) is 35.8. The van der Waals surface area contributed by atoms with Crippen LogP contribution in [0.4, 0.5) is 11.4 Å². The van der Waals surface area contributed by atoms with Crippen molar-refractivity contribution in [1.29, 1.82) is 0 Å². The maximum absolute atomic E-state index is 4.18. The number of rotatable bonds is 2. The second-order valence-corrected chi connectivity index (χ2v) is 11.7. The van der Waals surface area contributed by atoms with Crippen LogP contribution in [0.5, 0.6) is 0 Å². The third-order valence-corrected chi connectivity index (χ3v) is 10.2. The highest BCUT2D eigenvalue weighted by atomic mass is 15.4. The smallest absolute Gasteiger partial charge is 0.0901 e. The summed E-state index contributed by atoms with van der Waals surface area (Å²) in [5.41, 5.74) is 10.7. The third-order valence-electron chi connectivity index (χ3n) is 10.2. The third kappa shape index (κ3) is 2.67. The first-order valence-electron chi connectivity index (χ1n) is 14.0. The summed E-state index contributed by atoms with van der Waals surface area (Å²) in [4.78, 5) is 5.19. The number of likely N-dealkylation sites (tertiary alicyclic amines) is 2. The van der Waals surface area contributed by atoms with Crippen LogP contribution in [-0.4, -0.2) is 49.3 Å². The Bertz CT molecular complexity index is 1420. The molecule has 2 N–H and O–H groups in total. The van der Waals surface area contributed by atoms with Crippen molar-refractivity contribution in [2.24, 2.45) is 0 Å². The first-order valence-corrected chi connectivity index (χ1v) is 14.0. The maximum Gasteiger partial charge on any atom is 0.0901 e. The molecule has 4 bridgehead atoms. The molecule has 4 nitrogen and oxygen atoms in total. The number of para-hydroxylation sites is 2. The van der Waals surface area contributed by atoms with Crippen molar-refractivity contribution in [1.82, 2.24) is 9.80 Å². The Kier molecular flexibility index (Phi) is 4.69. The topological polar surface area (TPSA) is 30.5 Å². The van der Waals surface area contributed by atoms with Gasteiger partial charge >= 0.3 is 0 Å². The quantitative estimate of drug-likeness (QED) is 0.336. The molecule has 2 fully saturated rings. The summed E-state index contributed by atoms with van der Waals surface area (Å²) in [6.45, 7) is 2.16. The second kappa shape index (κ2) is 7.95. The van der Waals surface area contributed by atoms with Crippen molar-refractivity contribution in [2.75, 3.05) is 37.8 Å². The fourth-order valence-electron chi connectivity index (χ4n) is 8.58. The molecule has 4 heterocycles. The van der Waals surface area contributed by atoms with Crippen molar-refractivity contribution in [2.45, 2.75) is 36.0 Å². The molecule has 2 saturated heterocycles. The van der Waals surface area contributed by atoms with Gasteiger partial charge in [0.1, 0.15) is 0 Å². The monoisotopic (exact) mass is 498 g/mol. The summed E-state index contributed by atoms with van der Waals surface area (Å²) in [5.74, 6) is 0. The van der Waals surface area contributed by atoms with Crippen LogP contribution in [0.15, 0.2) is 97.1 Å². The molecule has 0 unspecified atom stereocenters. The zero-order valence-electron chi connectivity index (χ0n) is 22.1. The highest BCUT2D eigenvalue weighted by Gasteiger charge is 2.71. The maximum atomic E-state index is 4.18. The fraction of sp³-hybridized carbons (Fsp3) is 0.294. The van der Waals surface area contributed by atoms with E-state index < -0.39 is 0 Å². The predicted octanol–water partition coefficient (Wildman–Crippen LogP) is 6.37. The Morgan fingerprint density at radius 2 is 0.974 bits per heavy atom. The molecule has 8 rings (SSSR count). The number of nitrogens with one attached hydrogen (secondary N) is 2. The minimum absolute atomic E-state index is 0.0368. The molecule has 0 saturated carbocycles. The van der Waals surface area contributed by atoms with Gasteiger partial charge in [0.05, 0.1) is 12.3 Å². The molecule has 0 spiro atoms. The van der Waals surface area contributed by atoms with Crippen LogP contribution in [0.1, 0.15) is 24.0 Å². The van der Waals surface area contributed by atoms with Crippen LogP contribution in [-0.2, 0) is 10.8 Å². The molecule has 4 aromatic rings. The van der Waals surface area contributed by atoms with E-state index in [9.17, 15) is 0 Å². The van der Waals surface area contributed by atoms with Gasteiger partial charge in [-0.3, -0.25) is 9.80 Å². The fourth-order valence-corrected chi connectivity index (χ4v) is 8.58. The molecular formula is C34H34N4. The molecular weight excluding hydrogens is 464 g/mol. The van der Waals surface area contributed by atoms with Gasteiger partial charge in [-0.25, -0.2) is 0 Å². The van der Waals surface area contributed by atoms with Crippen LogP contribution in [0.2, 0.25) is 0 Å². The van der Waals surface area contributed by atoms with Crippen molar-refractivity contribution in [3.8, 4) is 22.3 Å². The SMILES string of the molecule is CN1CC[C@]23c4cccc(-c5ccccc5)c4N[C@H]1[C@]21CCN(C)[C@H]3Nc2c(-c3ccccc3)cccc21. The van der Waals surface area contributed by atoms with Gasteiger partial charge < -0.3 is 10.6 Å². The van der Waals surface area contributed by atoms with Crippen LogP contribution in [0.25, 0.3) is 22.3 Å². The first-order chi connectivity index (χ1) is 18.6. The predicted molar refractivity (Wildman–Crippen MR) is 156 cm³/mol. The summed E-state index contributed by atoms with van der Waals surface area (Å²) in [5, 5.41) is 8.36. The van der Waals surface area contributed by atoms with Crippen molar-refractivity contribution < 1.29 is 0 Å². The lowest BCUT2D eigenvalue weighted by Crippen LogP contribution is -2.80. The van der Waals surface area contributed by atoms with Gasteiger partial charge in [0, 0.05) is 46.4 Å². The number of benzene rings is 4. The van der Waals surface area contributed by atoms with Crippen LogP contribution in [0, 0.1) is 0 Å². The molecule has 0 aliphatic carbocycles. The standard InChI is InChI=1S/C34H34N4/c1-37-21-19-34-28-18-10-15-25(23-11-5-3-6-12-23)29(28)35-31(37)33(34)20-22-38(2)32(34)36-30-26(16-9-17-27(30)33)24-13-7-4-8-14-24/h3-18,31-32,35-36H,19-22H2,1-2H3/t31-,32-,33-,34-/m1/s1. The van der Waals surface area contributed by atoms with E-state index >= 15 is 0 Å². The summed E-state index contributed by atoms with van der Waals surface area (Å²) in [6.07, 6.45) is 2.70. The molecule has 38 heavy (non-hydrogen) atoms. The van der Waals surface area contributed by atoms with Gasteiger partial charge in [-0.15, -0.1) is 0 Å². The zero-order valence-corrected chi connectivity index (χ0v) is 22.1. The van der Waals surface area contributed by atoms with E-state index in [2.05, 4.69) is 132 Å².